The molecular formula is C23H22FNO6S. The molecule has 0 atom stereocenters. The predicted molar refractivity (Wildman–Crippen MR) is 118 cm³/mol. The highest BCUT2D eigenvalue weighted by molar-refractivity contribution is 8.18. The number of thioether (sulfide) groups is 1. The van der Waals surface area contributed by atoms with E-state index in [-0.39, 0.29) is 23.4 Å². The number of carbonyl (C=O) groups excluding carboxylic acids is 3. The monoisotopic (exact) mass is 459 g/mol. The van der Waals surface area contributed by atoms with E-state index in [0.29, 0.717) is 22.6 Å². The number of imide groups is 1. The Morgan fingerprint density at radius 2 is 1.91 bits per heavy atom. The SMILES string of the molecule is COc1cc(/C=C2/SC(=O)N(CC(=O)OC(C)C)C2=O)ccc1OCc1ccccc1F. The summed E-state index contributed by atoms with van der Waals surface area (Å²) in [5.74, 6) is -0.801. The first-order valence-corrected chi connectivity index (χ1v) is 10.6. The topological polar surface area (TPSA) is 82.1 Å². The molecule has 1 aliphatic heterocycles. The summed E-state index contributed by atoms with van der Waals surface area (Å²) in [6.45, 7) is 2.95. The molecule has 0 N–H and O–H groups in total. The van der Waals surface area contributed by atoms with Crippen LogP contribution in [0.3, 0.4) is 0 Å². The van der Waals surface area contributed by atoms with Gasteiger partial charge in [0.2, 0.25) is 0 Å². The number of esters is 1. The maximum absolute atomic E-state index is 13.8. The lowest BCUT2D eigenvalue weighted by atomic mass is 10.1. The van der Waals surface area contributed by atoms with Gasteiger partial charge in [-0.15, -0.1) is 0 Å². The first kappa shape index (κ1) is 23.3. The summed E-state index contributed by atoms with van der Waals surface area (Å²) >= 11 is 0.741. The van der Waals surface area contributed by atoms with Crippen molar-refractivity contribution in [2.75, 3.05) is 13.7 Å². The number of halogens is 1. The zero-order valence-electron chi connectivity index (χ0n) is 17.8. The molecule has 0 radical (unpaired) electrons. The van der Waals surface area contributed by atoms with Crippen LogP contribution in [0.4, 0.5) is 9.18 Å². The number of carbonyl (C=O) groups is 3. The van der Waals surface area contributed by atoms with Crippen LogP contribution in [0, 0.1) is 5.82 Å². The highest BCUT2D eigenvalue weighted by atomic mass is 32.2. The van der Waals surface area contributed by atoms with Gasteiger partial charge in [0.15, 0.2) is 11.5 Å². The smallest absolute Gasteiger partial charge is 0.326 e. The molecule has 1 fully saturated rings. The number of amides is 2. The number of hydrogen-bond acceptors (Lipinski definition) is 7. The fraction of sp³-hybridized carbons (Fsp3) is 0.261. The quantitative estimate of drug-likeness (QED) is 0.427. The van der Waals surface area contributed by atoms with Gasteiger partial charge in [-0.25, -0.2) is 4.39 Å². The third kappa shape index (κ3) is 5.67. The molecule has 2 amide bonds. The van der Waals surface area contributed by atoms with Crippen LogP contribution < -0.4 is 9.47 Å². The molecule has 0 bridgehead atoms. The minimum atomic E-state index is -0.651. The van der Waals surface area contributed by atoms with Crippen LogP contribution in [-0.2, 0) is 20.9 Å². The summed E-state index contributed by atoms with van der Waals surface area (Å²) < 4.78 is 29.8. The zero-order chi connectivity index (χ0) is 23.3. The van der Waals surface area contributed by atoms with Gasteiger partial charge < -0.3 is 14.2 Å². The van der Waals surface area contributed by atoms with Gasteiger partial charge >= 0.3 is 5.97 Å². The number of nitrogens with zero attached hydrogens (tertiary/aromatic N) is 1. The predicted octanol–water partition coefficient (Wildman–Crippen LogP) is 4.40. The Hall–Kier alpha value is -3.33. The van der Waals surface area contributed by atoms with Crippen molar-refractivity contribution in [1.82, 2.24) is 4.90 Å². The van der Waals surface area contributed by atoms with Crippen molar-refractivity contribution in [2.45, 2.75) is 26.6 Å². The Bertz CT molecular complexity index is 1070. The van der Waals surface area contributed by atoms with Crippen molar-refractivity contribution in [2.24, 2.45) is 0 Å². The number of hydrogen-bond donors (Lipinski definition) is 0. The van der Waals surface area contributed by atoms with E-state index in [0.717, 1.165) is 16.7 Å². The van der Waals surface area contributed by atoms with Crippen LogP contribution in [0.1, 0.15) is 25.0 Å². The molecule has 32 heavy (non-hydrogen) atoms. The van der Waals surface area contributed by atoms with Gasteiger partial charge in [0.1, 0.15) is 19.0 Å². The Balaban J connectivity index is 1.73. The molecular weight excluding hydrogens is 437 g/mol. The highest BCUT2D eigenvalue weighted by Crippen LogP contribution is 2.34. The van der Waals surface area contributed by atoms with Gasteiger partial charge in [0.25, 0.3) is 11.1 Å². The van der Waals surface area contributed by atoms with E-state index >= 15 is 0 Å². The maximum atomic E-state index is 13.8. The van der Waals surface area contributed by atoms with Crippen LogP contribution in [0.25, 0.3) is 6.08 Å². The lowest BCUT2D eigenvalue weighted by molar-refractivity contribution is -0.149. The maximum Gasteiger partial charge on any atom is 0.326 e. The first-order chi connectivity index (χ1) is 15.3. The third-order valence-electron chi connectivity index (χ3n) is 4.35. The third-order valence-corrected chi connectivity index (χ3v) is 5.26. The van der Waals surface area contributed by atoms with E-state index < -0.39 is 23.7 Å². The molecule has 2 aromatic carbocycles. The lowest BCUT2D eigenvalue weighted by Gasteiger charge is -2.13. The number of benzene rings is 2. The van der Waals surface area contributed by atoms with Crippen molar-refractivity contribution >= 4 is 35.0 Å². The van der Waals surface area contributed by atoms with Crippen LogP contribution in [-0.4, -0.2) is 41.8 Å². The first-order valence-electron chi connectivity index (χ1n) is 9.77. The number of ether oxygens (including phenoxy) is 3. The summed E-state index contributed by atoms with van der Waals surface area (Å²) in [5, 5.41) is -0.543. The molecule has 168 valence electrons. The molecule has 0 aromatic heterocycles. The minimum Gasteiger partial charge on any atom is -0.493 e. The van der Waals surface area contributed by atoms with Crippen LogP contribution >= 0.6 is 11.8 Å². The molecule has 0 spiro atoms. The fourth-order valence-corrected chi connectivity index (χ4v) is 3.72. The molecule has 1 heterocycles. The summed E-state index contributed by atoms with van der Waals surface area (Å²) in [5.41, 5.74) is 0.999. The van der Waals surface area contributed by atoms with Gasteiger partial charge in [-0.2, -0.15) is 0 Å². The second kappa shape index (κ2) is 10.3. The summed E-state index contributed by atoms with van der Waals surface area (Å²) in [7, 11) is 1.46. The molecule has 0 saturated carbocycles. The molecule has 9 heteroatoms. The highest BCUT2D eigenvalue weighted by Gasteiger charge is 2.36. The van der Waals surface area contributed by atoms with Crippen LogP contribution in [0.15, 0.2) is 47.4 Å². The molecule has 1 saturated heterocycles. The van der Waals surface area contributed by atoms with Gasteiger partial charge in [0.05, 0.1) is 18.1 Å². The Kier molecular flexibility index (Phi) is 7.53. The second-order valence-corrected chi connectivity index (χ2v) is 8.09. The molecule has 7 nitrogen and oxygen atoms in total. The van der Waals surface area contributed by atoms with E-state index in [9.17, 15) is 18.8 Å². The molecule has 3 rings (SSSR count). The van der Waals surface area contributed by atoms with Gasteiger partial charge in [-0.05, 0) is 55.4 Å². The van der Waals surface area contributed by atoms with Crippen molar-refractivity contribution < 1.29 is 33.0 Å². The van der Waals surface area contributed by atoms with Crippen LogP contribution in [0.5, 0.6) is 11.5 Å². The van der Waals surface area contributed by atoms with Crippen molar-refractivity contribution in [3.63, 3.8) is 0 Å². The standard InChI is InChI=1S/C23H22FNO6S/c1-14(2)31-21(26)12-25-22(27)20(32-23(25)28)11-15-8-9-18(19(10-15)29-3)30-13-16-6-4-5-7-17(16)24/h4-11,14H,12-13H2,1-3H3/b20-11+. The molecule has 2 aromatic rings. The molecule has 0 unspecified atom stereocenters. The number of rotatable bonds is 8. The van der Waals surface area contributed by atoms with Gasteiger partial charge in [-0.3, -0.25) is 19.3 Å². The Labute approximate surface area is 189 Å². The van der Waals surface area contributed by atoms with Crippen molar-refractivity contribution in [3.8, 4) is 11.5 Å². The number of methoxy groups -OCH3 is 1. The average Bonchev–Trinajstić information content (AvgIpc) is 3.00. The average molecular weight is 459 g/mol. The normalized spacial score (nSPS) is 14.9. The zero-order valence-corrected chi connectivity index (χ0v) is 18.6. The van der Waals surface area contributed by atoms with Gasteiger partial charge in [-0.1, -0.05) is 24.3 Å². The Morgan fingerprint density at radius 3 is 2.59 bits per heavy atom. The summed E-state index contributed by atoms with van der Waals surface area (Å²) in [4.78, 5) is 37.6. The van der Waals surface area contributed by atoms with E-state index in [1.165, 1.54) is 19.3 Å². The van der Waals surface area contributed by atoms with E-state index in [4.69, 9.17) is 14.2 Å². The minimum absolute atomic E-state index is 0.0216. The van der Waals surface area contributed by atoms with Crippen LogP contribution in [0.2, 0.25) is 0 Å². The summed E-state index contributed by atoms with van der Waals surface area (Å²) in [6.07, 6.45) is 1.19. The molecule has 1 aliphatic rings. The lowest BCUT2D eigenvalue weighted by Crippen LogP contribution is -2.35. The second-order valence-electron chi connectivity index (χ2n) is 7.10. The van der Waals surface area contributed by atoms with E-state index in [1.807, 2.05) is 0 Å². The van der Waals surface area contributed by atoms with Gasteiger partial charge in [0, 0.05) is 5.56 Å². The largest absolute Gasteiger partial charge is 0.493 e. The van der Waals surface area contributed by atoms with E-state index in [2.05, 4.69) is 0 Å². The fourth-order valence-electron chi connectivity index (χ4n) is 2.88. The molecule has 0 aliphatic carbocycles. The summed E-state index contributed by atoms with van der Waals surface area (Å²) in [6, 6.07) is 11.3. The van der Waals surface area contributed by atoms with E-state index in [1.54, 1.807) is 50.2 Å². The van der Waals surface area contributed by atoms with Crippen molar-refractivity contribution in [1.29, 1.82) is 0 Å². The van der Waals surface area contributed by atoms with Crippen molar-refractivity contribution in [3.05, 3.63) is 64.3 Å². The Morgan fingerprint density at radius 1 is 1.16 bits per heavy atom.